The lowest BCUT2D eigenvalue weighted by Crippen LogP contribution is -2.37. The van der Waals surface area contributed by atoms with Gasteiger partial charge in [-0.15, -0.1) is 0 Å². The fourth-order valence-corrected chi connectivity index (χ4v) is 4.26. The number of benzene rings is 1. The fourth-order valence-electron chi connectivity index (χ4n) is 4.26. The number of carbonyl (C=O) groups excluding carboxylic acids is 3. The molecule has 1 aromatic carbocycles. The number of carbonyl (C=O) groups is 3. The molecular formula is C23H28N4O4. The van der Waals surface area contributed by atoms with Crippen LogP contribution in [-0.4, -0.2) is 64.1 Å². The minimum atomic E-state index is -0.349. The Hall–Kier alpha value is -3.00. The van der Waals surface area contributed by atoms with E-state index in [0.29, 0.717) is 49.4 Å². The van der Waals surface area contributed by atoms with Gasteiger partial charge in [0.2, 0.25) is 0 Å². The highest BCUT2D eigenvalue weighted by Crippen LogP contribution is 2.27. The Morgan fingerprint density at radius 2 is 1.90 bits per heavy atom. The van der Waals surface area contributed by atoms with Crippen LogP contribution in [0.3, 0.4) is 0 Å². The summed E-state index contributed by atoms with van der Waals surface area (Å²) in [7, 11) is 1.58. The van der Waals surface area contributed by atoms with Gasteiger partial charge >= 0.3 is 0 Å². The van der Waals surface area contributed by atoms with Crippen molar-refractivity contribution in [3.63, 3.8) is 0 Å². The summed E-state index contributed by atoms with van der Waals surface area (Å²) < 4.78 is 7.04. The monoisotopic (exact) mass is 424 g/mol. The van der Waals surface area contributed by atoms with Gasteiger partial charge in [0, 0.05) is 56.6 Å². The molecule has 4 rings (SSSR count). The molecule has 31 heavy (non-hydrogen) atoms. The van der Waals surface area contributed by atoms with E-state index >= 15 is 0 Å². The second kappa shape index (κ2) is 7.92. The Kier molecular flexibility index (Phi) is 5.43. The quantitative estimate of drug-likeness (QED) is 0.544. The second-order valence-electron chi connectivity index (χ2n) is 9.04. The summed E-state index contributed by atoms with van der Waals surface area (Å²) in [6.45, 7) is 8.17. The number of rotatable bonds is 5. The number of hydrogen-bond acceptors (Lipinski definition) is 5. The van der Waals surface area contributed by atoms with Crippen LogP contribution < -0.4 is 0 Å². The average molecular weight is 425 g/mol. The molecule has 0 fully saturated rings. The lowest BCUT2D eigenvalue weighted by Gasteiger charge is -2.30. The summed E-state index contributed by atoms with van der Waals surface area (Å²) in [5.74, 6) is -0.805. The standard InChI is InChI=1S/C23H28N4O4/c1-23(2,3)27-19-8-10-25(14-16(19)13-24-27)20(28)15-6-7-17-18(12-15)22(30)26(21(17)29)9-5-11-31-4/h6-7,12-13H,5,8-11,14H2,1-4H3. The third-order valence-electron chi connectivity index (χ3n) is 5.81. The molecule has 8 heteroatoms. The van der Waals surface area contributed by atoms with E-state index in [2.05, 4.69) is 25.9 Å². The number of aromatic nitrogens is 2. The number of amides is 3. The summed E-state index contributed by atoms with van der Waals surface area (Å²) in [4.78, 5) is 41.5. The van der Waals surface area contributed by atoms with Crippen LogP contribution in [0.4, 0.5) is 0 Å². The second-order valence-corrected chi connectivity index (χ2v) is 9.04. The number of hydrogen-bond donors (Lipinski definition) is 0. The minimum absolute atomic E-state index is 0.109. The third kappa shape index (κ3) is 3.76. The topological polar surface area (TPSA) is 84.7 Å². The van der Waals surface area contributed by atoms with Crippen LogP contribution in [-0.2, 0) is 23.2 Å². The van der Waals surface area contributed by atoms with Crippen molar-refractivity contribution < 1.29 is 19.1 Å². The third-order valence-corrected chi connectivity index (χ3v) is 5.81. The first kappa shape index (κ1) is 21.2. The van der Waals surface area contributed by atoms with Crippen molar-refractivity contribution in [2.45, 2.75) is 45.7 Å². The predicted molar refractivity (Wildman–Crippen MR) is 114 cm³/mol. The highest BCUT2D eigenvalue weighted by Gasteiger charge is 2.36. The number of nitrogens with zero attached hydrogens (tertiary/aromatic N) is 4. The van der Waals surface area contributed by atoms with Gasteiger partial charge in [0.15, 0.2) is 0 Å². The lowest BCUT2D eigenvalue weighted by atomic mass is 10.0. The zero-order chi connectivity index (χ0) is 22.3. The Morgan fingerprint density at radius 1 is 1.16 bits per heavy atom. The molecule has 2 aromatic rings. The van der Waals surface area contributed by atoms with Gasteiger partial charge in [0.25, 0.3) is 17.7 Å². The van der Waals surface area contributed by atoms with Crippen molar-refractivity contribution in [3.05, 3.63) is 52.3 Å². The van der Waals surface area contributed by atoms with E-state index < -0.39 is 0 Å². The van der Waals surface area contributed by atoms with Crippen LogP contribution in [0.25, 0.3) is 0 Å². The summed E-state index contributed by atoms with van der Waals surface area (Å²) in [5.41, 5.74) is 3.18. The molecule has 0 radical (unpaired) electrons. The molecule has 2 aliphatic rings. The molecule has 0 saturated carbocycles. The average Bonchev–Trinajstić information content (AvgIpc) is 3.27. The molecule has 0 saturated heterocycles. The molecule has 164 valence electrons. The molecule has 3 amide bonds. The molecule has 1 aromatic heterocycles. The maximum Gasteiger partial charge on any atom is 0.261 e. The molecule has 0 unspecified atom stereocenters. The Bertz CT molecular complexity index is 1050. The van der Waals surface area contributed by atoms with E-state index in [9.17, 15) is 14.4 Å². The zero-order valence-corrected chi connectivity index (χ0v) is 18.5. The maximum absolute atomic E-state index is 13.2. The van der Waals surface area contributed by atoms with E-state index in [1.807, 2.05) is 10.9 Å². The lowest BCUT2D eigenvalue weighted by molar-refractivity contribution is 0.0638. The Labute approximate surface area is 181 Å². The van der Waals surface area contributed by atoms with Gasteiger partial charge in [-0.3, -0.25) is 24.0 Å². The molecule has 0 aliphatic carbocycles. The highest BCUT2D eigenvalue weighted by molar-refractivity contribution is 6.22. The summed E-state index contributed by atoms with van der Waals surface area (Å²) in [5, 5.41) is 4.52. The normalized spacial score (nSPS) is 16.0. The van der Waals surface area contributed by atoms with Gasteiger partial charge in [0.05, 0.1) is 22.9 Å². The van der Waals surface area contributed by atoms with E-state index in [4.69, 9.17) is 4.74 Å². The van der Waals surface area contributed by atoms with E-state index in [0.717, 1.165) is 17.7 Å². The van der Waals surface area contributed by atoms with Crippen molar-refractivity contribution in [3.8, 4) is 0 Å². The van der Waals surface area contributed by atoms with E-state index in [1.165, 1.54) is 4.90 Å². The van der Waals surface area contributed by atoms with Crippen molar-refractivity contribution in [2.24, 2.45) is 0 Å². The van der Waals surface area contributed by atoms with Crippen LogP contribution >= 0.6 is 0 Å². The van der Waals surface area contributed by atoms with Crippen LogP contribution in [0.5, 0.6) is 0 Å². The van der Waals surface area contributed by atoms with Crippen LogP contribution in [0.2, 0.25) is 0 Å². The van der Waals surface area contributed by atoms with Gasteiger partial charge in [-0.2, -0.15) is 5.10 Å². The number of fused-ring (bicyclic) bond motifs is 2. The first-order valence-corrected chi connectivity index (χ1v) is 10.6. The van der Waals surface area contributed by atoms with Gasteiger partial charge in [-0.05, 0) is 45.4 Å². The smallest absolute Gasteiger partial charge is 0.261 e. The summed E-state index contributed by atoms with van der Waals surface area (Å²) >= 11 is 0. The van der Waals surface area contributed by atoms with Crippen LogP contribution in [0.15, 0.2) is 24.4 Å². The van der Waals surface area contributed by atoms with E-state index in [1.54, 1.807) is 30.2 Å². The molecule has 0 bridgehead atoms. The molecule has 0 atom stereocenters. The van der Waals surface area contributed by atoms with Gasteiger partial charge in [-0.1, -0.05) is 0 Å². The number of methoxy groups -OCH3 is 1. The molecule has 0 N–H and O–H groups in total. The van der Waals surface area contributed by atoms with Crippen molar-refractivity contribution in [2.75, 3.05) is 26.8 Å². The maximum atomic E-state index is 13.2. The SMILES string of the molecule is COCCCN1C(=O)c2ccc(C(=O)N3CCc4c(cnn4C(C)(C)C)C3)cc2C1=O. The van der Waals surface area contributed by atoms with Gasteiger partial charge in [0.1, 0.15) is 0 Å². The summed E-state index contributed by atoms with van der Waals surface area (Å²) in [6.07, 6.45) is 3.14. The molecular weight excluding hydrogens is 396 g/mol. The number of imide groups is 1. The van der Waals surface area contributed by atoms with E-state index in [-0.39, 0.29) is 23.3 Å². The number of ether oxygens (including phenoxy) is 1. The molecule has 0 spiro atoms. The van der Waals surface area contributed by atoms with Gasteiger partial charge < -0.3 is 9.64 Å². The van der Waals surface area contributed by atoms with Crippen molar-refractivity contribution >= 4 is 17.7 Å². The minimum Gasteiger partial charge on any atom is -0.385 e. The van der Waals surface area contributed by atoms with Crippen LogP contribution in [0, 0.1) is 0 Å². The summed E-state index contributed by atoms with van der Waals surface area (Å²) in [6, 6.07) is 4.79. The Balaban J connectivity index is 1.52. The first-order valence-electron chi connectivity index (χ1n) is 10.6. The van der Waals surface area contributed by atoms with Crippen molar-refractivity contribution in [1.29, 1.82) is 0 Å². The molecule has 3 heterocycles. The van der Waals surface area contributed by atoms with Crippen LogP contribution in [0.1, 0.15) is 69.5 Å². The largest absolute Gasteiger partial charge is 0.385 e. The van der Waals surface area contributed by atoms with Crippen molar-refractivity contribution in [1.82, 2.24) is 19.6 Å². The first-order chi connectivity index (χ1) is 14.7. The molecule has 8 nitrogen and oxygen atoms in total. The highest BCUT2D eigenvalue weighted by atomic mass is 16.5. The predicted octanol–water partition coefficient (Wildman–Crippen LogP) is 2.47. The Morgan fingerprint density at radius 3 is 2.61 bits per heavy atom. The zero-order valence-electron chi connectivity index (χ0n) is 18.5. The molecule has 2 aliphatic heterocycles. The fraction of sp³-hybridized carbons (Fsp3) is 0.478. The van der Waals surface area contributed by atoms with Gasteiger partial charge in [-0.25, -0.2) is 0 Å².